The van der Waals surface area contributed by atoms with Crippen LogP contribution in [0.15, 0.2) is 42.0 Å². The zero-order chi connectivity index (χ0) is 76.1. The summed E-state index contributed by atoms with van der Waals surface area (Å²) in [5.41, 5.74) is -0.387. The SMILES string of the molecule is CCC1O[C@@H](O[C@H]2C(O[C@@H]3OCC(O[Si](CC)(CC)CC)C(O[Si](CC)(CC)CC)C3C)C(O[Si](CC)(CC)CC)C(C(=O)OCc3ccccc3)O[C@H]2OC2CCC(C)(C)C(CC[C@]3(C)CCC=C4[C@H]5CC(C)(C)CC[C@]5(C(=O)O)C(C)C[C@]43C)[C@@]2(C)C=O)C(O[Si](CC)(CC)CC)[C@@H](C)[C@H]1C. The van der Waals surface area contributed by atoms with Gasteiger partial charge in [-0.25, -0.2) is 4.79 Å². The van der Waals surface area contributed by atoms with Gasteiger partial charge in [-0.1, -0.05) is 208 Å². The van der Waals surface area contributed by atoms with E-state index < -0.39 is 112 Å². The second-order valence-corrected chi connectivity index (χ2v) is 54.9. The van der Waals surface area contributed by atoms with Crippen molar-refractivity contribution in [2.24, 2.45) is 68.0 Å². The van der Waals surface area contributed by atoms with Gasteiger partial charge in [-0.05, 0) is 200 Å². The largest absolute Gasteiger partial charge is 0.481 e. The summed E-state index contributed by atoms with van der Waals surface area (Å²) in [6.45, 7) is 54.9. The number of aldehydes is 1. The summed E-state index contributed by atoms with van der Waals surface area (Å²) in [6.07, 6.45) is 2.41. The highest BCUT2D eigenvalue weighted by atomic mass is 28.4. The summed E-state index contributed by atoms with van der Waals surface area (Å²) in [5.74, 6) is -1.67. The van der Waals surface area contributed by atoms with Crippen molar-refractivity contribution in [2.45, 2.75) is 390 Å². The average molecular weight is 1510 g/mol. The second kappa shape index (κ2) is 35.2. The molecule has 590 valence electrons. The molecule has 7 aliphatic rings. The van der Waals surface area contributed by atoms with Gasteiger partial charge in [-0.15, -0.1) is 0 Å². The first kappa shape index (κ1) is 86.6. The molecule has 8 rings (SSSR count). The van der Waals surface area contributed by atoms with Gasteiger partial charge >= 0.3 is 11.9 Å². The number of ether oxygens (including phenoxy) is 7. The molecule has 1 aromatic rings. The molecule has 19 heteroatoms. The number of benzene rings is 1. The van der Waals surface area contributed by atoms with Crippen molar-refractivity contribution in [1.82, 2.24) is 0 Å². The molecule has 0 radical (unpaired) electrons. The van der Waals surface area contributed by atoms with E-state index in [1.807, 2.05) is 30.3 Å². The van der Waals surface area contributed by atoms with E-state index in [1.54, 1.807) is 0 Å². The molecule has 15 nitrogen and oxygen atoms in total. The Bertz CT molecular complexity index is 2880. The third kappa shape index (κ3) is 17.3. The van der Waals surface area contributed by atoms with Gasteiger partial charge in [0, 0.05) is 5.92 Å². The average Bonchev–Trinajstić information content (AvgIpc) is 0.694. The van der Waals surface area contributed by atoms with Gasteiger partial charge < -0.3 is 60.8 Å². The molecule has 3 aliphatic heterocycles. The van der Waals surface area contributed by atoms with Crippen LogP contribution < -0.4 is 0 Å². The number of carboxylic acids is 1. The molecule has 103 heavy (non-hydrogen) atoms. The number of allylic oxidation sites excluding steroid dienone is 2. The van der Waals surface area contributed by atoms with Crippen molar-refractivity contribution >= 4 is 51.5 Å². The lowest BCUT2D eigenvalue weighted by Gasteiger charge is -2.64. The third-order valence-electron chi connectivity index (χ3n) is 30.4. The number of hydrogen-bond acceptors (Lipinski definition) is 14. The maximum absolute atomic E-state index is 15.9. The highest BCUT2D eigenvalue weighted by molar-refractivity contribution is 6.75. The van der Waals surface area contributed by atoms with Crippen LogP contribution in [-0.2, 0) is 71.9 Å². The van der Waals surface area contributed by atoms with E-state index in [0.717, 1.165) is 136 Å². The third-order valence-corrected chi connectivity index (χ3v) is 49.0. The molecule has 4 aliphatic carbocycles. The molecule has 3 heterocycles. The van der Waals surface area contributed by atoms with Crippen LogP contribution in [0, 0.1) is 68.0 Å². The summed E-state index contributed by atoms with van der Waals surface area (Å²) in [4.78, 5) is 44.8. The lowest BCUT2D eigenvalue weighted by molar-refractivity contribution is -0.382. The van der Waals surface area contributed by atoms with Crippen LogP contribution in [0.3, 0.4) is 0 Å². The number of esters is 1. The monoisotopic (exact) mass is 1510 g/mol. The minimum atomic E-state index is -2.75. The van der Waals surface area contributed by atoms with E-state index in [2.05, 4.69) is 172 Å². The molecule has 0 spiro atoms. The van der Waals surface area contributed by atoms with Gasteiger partial charge in [0.05, 0.1) is 48.0 Å². The van der Waals surface area contributed by atoms with Gasteiger partial charge in [-0.3, -0.25) is 4.79 Å². The van der Waals surface area contributed by atoms with Crippen LogP contribution in [0.2, 0.25) is 72.5 Å². The first-order valence-corrected chi connectivity index (χ1v) is 52.0. The summed E-state index contributed by atoms with van der Waals surface area (Å²) < 4.78 is 83.7. The quantitative estimate of drug-likeness (QED) is 0.0294. The van der Waals surface area contributed by atoms with Crippen molar-refractivity contribution in [3.63, 3.8) is 0 Å². The fourth-order valence-corrected chi connectivity index (χ4v) is 33.0. The first-order valence-electron chi connectivity index (χ1n) is 41.9. The van der Waals surface area contributed by atoms with Crippen LogP contribution >= 0.6 is 0 Å². The van der Waals surface area contributed by atoms with Crippen LogP contribution in [0.5, 0.6) is 0 Å². The lowest BCUT2D eigenvalue weighted by atomic mass is 9.39. The first-order chi connectivity index (χ1) is 48.6. The zero-order valence-corrected chi connectivity index (χ0v) is 73.3. The Morgan fingerprint density at radius 3 is 1.66 bits per heavy atom. The highest BCUT2D eigenvalue weighted by Gasteiger charge is 2.67. The highest BCUT2D eigenvalue weighted by Crippen LogP contribution is 2.71. The van der Waals surface area contributed by atoms with Crippen LogP contribution in [0.4, 0.5) is 0 Å². The van der Waals surface area contributed by atoms with E-state index in [9.17, 15) is 9.90 Å². The van der Waals surface area contributed by atoms with Crippen molar-refractivity contribution < 1.29 is 70.4 Å². The van der Waals surface area contributed by atoms with E-state index in [1.165, 1.54) is 11.9 Å². The minimum absolute atomic E-state index is 0.00249. The summed E-state index contributed by atoms with van der Waals surface area (Å²) in [6, 6.07) is 20.6. The predicted octanol–water partition coefficient (Wildman–Crippen LogP) is 20.7. The summed E-state index contributed by atoms with van der Waals surface area (Å²) in [5, 5.41) is 11.3. The standard InChI is InChI=1S/C84H148O15Si4/c1-25-64-58(15)59(16)69(98-102(32-8,33-9)34-10)76(91-64)95-73-70(93-75-60(17)68(97-101(29-5,30-6)31-7)65(55-90-75)96-100(26-2,27-3)28-4)71(99-103(35-11,36-12)37-13)72(74(86)89-54-61-42-39-38-40-43-61)94-77(73)92-67-46-48-80(20,21)66(82(67,23)56-85)45-49-81(22)47-41-44-62-63-53-79(18,19)50-51-84(63,78(87)88)57(14)52-83(62,81)24/h38-40,42-44,56-60,63-73,75-77H,25-37,41,45-55H2,1-24H3,(H,87,88)/t57?,58-,59+,60?,63-,64?,65?,66?,67?,68?,69?,70?,71?,72?,73+,75+,76+,77-,81+,82-,83-,84+/m1/s1. The van der Waals surface area contributed by atoms with Gasteiger partial charge in [0.2, 0.25) is 0 Å². The van der Waals surface area contributed by atoms with Crippen molar-refractivity contribution in [3.05, 3.63) is 47.5 Å². The normalized spacial score (nSPS) is 37.9. The molecule has 0 amide bonds. The molecular weight excluding hydrogens is 1360 g/mol. The number of carbonyl (C=O) groups excluding carboxylic acids is 2. The van der Waals surface area contributed by atoms with Crippen molar-refractivity contribution in [2.75, 3.05) is 6.61 Å². The number of fused-ring (bicyclic) bond motifs is 3. The van der Waals surface area contributed by atoms with Gasteiger partial charge in [0.1, 0.15) is 31.2 Å². The molecule has 1 N–H and O–H groups in total. The molecule has 3 saturated heterocycles. The van der Waals surface area contributed by atoms with Gasteiger partial charge in [0.15, 0.2) is 58.2 Å². The Kier molecular flexibility index (Phi) is 29.6. The maximum Gasteiger partial charge on any atom is 0.338 e. The Hall–Kier alpha value is -1.96. The van der Waals surface area contributed by atoms with Crippen LogP contribution in [0.25, 0.3) is 0 Å². The van der Waals surface area contributed by atoms with Crippen molar-refractivity contribution in [1.29, 1.82) is 0 Å². The van der Waals surface area contributed by atoms with E-state index >= 15 is 9.59 Å². The molecule has 0 bridgehead atoms. The van der Waals surface area contributed by atoms with Crippen LogP contribution in [0.1, 0.15) is 242 Å². The number of rotatable bonds is 35. The predicted molar refractivity (Wildman–Crippen MR) is 422 cm³/mol. The lowest BCUT2D eigenvalue weighted by Crippen LogP contribution is -2.69. The summed E-state index contributed by atoms with van der Waals surface area (Å²) >= 11 is 0. The van der Waals surface area contributed by atoms with Crippen molar-refractivity contribution in [3.8, 4) is 0 Å². The Morgan fingerprint density at radius 1 is 0.583 bits per heavy atom. The molecule has 11 unspecified atom stereocenters. The van der Waals surface area contributed by atoms with Gasteiger partial charge in [-0.2, -0.15) is 0 Å². The molecule has 3 saturated carbocycles. The molecule has 6 fully saturated rings. The fourth-order valence-electron chi connectivity index (χ4n) is 21.5. The van der Waals surface area contributed by atoms with E-state index in [0.29, 0.717) is 12.8 Å². The minimum Gasteiger partial charge on any atom is -0.481 e. The molecule has 22 atom stereocenters. The maximum atomic E-state index is 15.9. The molecule has 0 aromatic heterocycles. The van der Waals surface area contributed by atoms with Crippen LogP contribution in [-0.4, -0.2) is 137 Å². The Labute approximate surface area is 630 Å². The fraction of sp³-hybridized carbons (Fsp3) is 0.869. The van der Waals surface area contributed by atoms with E-state index in [-0.39, 0.29) is 88.7 Å². The molecule has 1 aromatic carbocycles. The Balaban J connectivity index is 1.30. The Morgan fingerprint density at radius 2 is 1.12 bits per heavy atom. The zero-order valence-electron chi connectivity index (χ0n) is 69.3. The number of hydrogen-bond donors (Lipinski definition) is 1. The van der Waals surface area contributed by atoms with Gasteiger partial charge in [0.25, 0.3) is 0 Å². The smallest absolute Gasteiger partial charge is 0.338 e. The number of aliphatic carboxylic acids is 1. The second-order valence-electron chi connectivity index (χ2n) is 36.0. The topological polar surface area (TPSA) is 173 Å². The number of carbonyl (C=O) groups is 3. The van der Waals surface area contributed by atoms with E-state index in [4.69, 9.17) is 50.9 Å². The summed E-state index contributed by atoms with van der Waals surface area (Å²) in [7, 11) is -9.67. The molecular formula is C84H148O15Si4. The number of carboxylic acid groups (broad SMARTS) is 1.